The van der Waals surface area contributed by atoms with Crippen molar-refractivity contribution in [1.82, 2.24) is 9.97 Å². The number of quaternary nitrogens is 1. The molecular weight excluding hydrogens is 396 g/mol. The molecule has 0 saturated carbocycles. The number of nitrogens with zero attached hydrogens (tertiary/aromatic N) is 3. The van der Waals surface area contributed by atoms with Gasteiger partial charge >= 0.3 is 0 Å². The topological polar surface area (TPSA) is 51.9 Å². The second-order valence-electron chi connectivity index (χ2n) is 8.12. The molecule has 0 amide bonds. The van der Waals surface area contributed by atoms with Gasteiger partial charge in [0.15, 0.2) is 5.82 Å². The minimum atomic E-state index is 0.627. The van der Waals surface area contributed by atoms with E-state index in [0.717, 1.165) is 68.0 Å². The van der Waals surface area contributed by atoms with Crippen LogP contribution in [0.15, 0.2) is 30.3 Å². The summed E-state index contributed by atoms with van der Waals surface area (Å²) in [5.41, 5.74) is 1.48. The molecule has 1 saturated heterocycles. The molecule has 0 radical (unpaired) electrons. The quantitative estimate of drug-likeness (QED) is 0.628. The Morgan fingerprint density at radius 3 is 2.80 bits per heavy atom. The van der Waals surface area contributed by atoms with Crippen molar-refractivity contribution in [1.29, 1.82) is 0 Å². The molecule has 0 unspecified atom stereocenters. The van der Waals surface area contributed by atoms with Gasteiger partial charge in [0.05, 0.1) is 25.1 Å². The maximum absolute atomic E-state index is 5.94. The normalized spacial score (nSPS) is 16.7. The first-order valence-electron chi connectivity index (χ1n) is 10.9. The minimum Gasteiger partial charge on any atom is -0.492 e. The summed E-state index contributed by atoms with van der Waals surface area (Å²) >= 11 is 1.87. The summed E-state index contributed by atoms with van der Waals surface area (Å²) in [5.74, 6) is 2.93. The number of morpholine rings is 1. The average Bonchev–Trinajstić information content (AvgIpc) is 3.36. The molecule has 158 valence electrons. The molecule has 3 aromatic rings. The number of ether oxygens (including phenoxy) is 2. The van der Waals surface area contributed by atoms with E-state index in [1.165, 1.54) is 33.6 Å². The van der Waals surface area contributed by atoms with Crippen molar-refractivity contribution in [2.24, 2.45) is 0 Å². The van der Waals surface area contributed by atoms with Crippen LogP contribution >= 0.6 is 11.3 Å². The number of nitrogens with one attached hydrogen (secondary N) is 1. The van der Waals surface area contributed by atoms with Crippen molar-refractivity contribution in [3.05, 3.63) is 46.6 Å². The van der Waals surface area contributed by atoms with Gasteiger partial charge in [-0.05, 0) is 37.0 Å². The third-order valence-electron chi connectivity index (χ3n) is 6.00. The number of hydrogen-bond acceptors (Lipinski definition) is 6. The summed E-state index contributed by atoms with van der Waals surface area (Å²) in [6, 6.07) is 10.0. The van der Waals surface area contributed by atoms with Crippen LogP contribution in [0.4, 0.5) is 5.82 Å². The minimum absolute atomic E-state index is 0.627. The lowest BCUT2D eigenvalue weighted by molar-refractivity contribution is -0.922. The average molecular weight is 426 g/mol. The number of hydrogen-bond donors (Lipinski definition) is 1. The lowest BCUT2D eigenvalue weighted by Crippen LogP contribution is -3.12. The molecule has 2 aliphatic rings. The molecule has 1 aliphatic carbocycles. The van der Waals surface area contributed by atoms with Crippen LogP contribution in [0, 0.1) is 0 Å². The smallest absolute Gasteiger partial charge is 0.187 e. The highest BCUT2D eigenvalue weighted by Crippen LogP contribution is 2.40. The van der Waals surface area contributed by atoms with Crippen molar-refractivity contribution in [3.63, 3.8) is 0 Å². The van der Waals surface area contributed by atoms with Gasteiger partial charge in [0.25, 0.3) is 0 Å². The van der Waals surface area contributed by atoms with E-state index >= 15 is 0 Å². The van der Waals surface area contributed by atoms with E-state index < -0.39 is 0 Å². The summed E-state index contributed by atoms with van der Waals surface area (Å²) in [6.45, 7) is 5.99. The second-order valence-corrected chi connectivity index (χ2v) is 9.21. The summed E-state index contributed by atoms with van der Waals surface area (Å²) in [4.78, 5) is 16.5. The van der Waals surface area contributed by atoms with Crippen LogP contribution in [0.5, 0.6) is 5.75 Å². The lowest BCUT2D eigenvalue weighted by Gasteiger charge is -2.24. The molecule has 3 heterocycles. The Bertz CT molecular complexity index is 1000. The van der Waals surface area contributed by atoms with Gasteiger partial charge in [0.2, 0.25) is 0 Å². The van der Waals surface area contributed by atoms with E-state index in [1.54, 1.807) is 0 Å². The molecule has 1 aromatic carbocycles. The maximum Gasteiger partial charge on any atom is 0.187 e. The summed E-state index contributed by atoms with van der Waals surface area (Å²) in [7, 11) is 2.13. The van der Waals surface area contributed by atoms with Crippen molar-refractivity contribution in [2.45, 2.75) is 25.8 Å². The molecule has 1 aliphatic heterocycles. The Morgan fingerprint density at radius 2 is 1.97 bits per heavy atom. The van der Waals surface area contributed by atoms with E-state index in [2.05, 4.69) is 11.9 Å². The predicted molar refractivity (Wildman–Crippen MR) is 120 cm³/mol. The van der Waals surface area contributed by atoms with Gasteiger partial charge in [-0.1, -0.05) is 18.2 Å². The van der Waals surface area contributed by atoms with Gasteiger partial charge in [-0.25, -0.2) is 9.97 Å². The predicted octanol–water partition coefficient (Wildman–Crippen LogP) is 2.11. The van der Waals surface area contributed by atoms with Gasteiger partial charge in [-0.3, -0.25) is 0 Å². The second kappa shape index (κ2) is 8.88. The SMILES string of the molecule is CN(CCOc1ccccc1)c1nc(C[NH+]2CCOCC2)nc2sc3c(c12)CCC3. The Morgan fingerprint density at radius 1 is 1.13 bits per heavy atom. The van der Waals surface area contributed by atoms with Gasteiger partial charge in [-0.2, -0.15) is 0 Å². The van der Waals surface area contributed by atoms with Crippen LogP contribution in [0.25, 0.3) is 10.2 Å². The highest BCUT2D eigenvalue weighted by atomic mass is 32.1. The maximum atomic E-state index is 5.94. The number of rotatable bonds is 7. The van der Waals surface area contributed by atoms with Crippen LogP contribution < -0.4 is 14.5 Å². The van der Waals surface area contributed by atoms with Gasteiger partial charge in [-0.15, -0.1) is 11.3 Å². The highest BCUT2D eigenvalue weighted by molar-refractivity contribution is 7.19. The van der Waals surface area contributed by atoms with Crippen molar-refractivity contribution in [2.75, 3.05) is 51.4 Å². The molecule has 0 bridgehead atoms. The molecular formula is C23H29N4O2S+. The fourth-order valence-electron chi connectivity index (χ4n) is 4.36. The Kier molecular flexibility index (Phi) is 5.84. The zero-order valence-electron chi connectivity index (χ0n) is 17.5. The van der Waals surface area contributed by atoms with E-state index in [-0.39, 0.29) is 0 Å². The number of fused-ring (bicyclic) bond motifs is 3. The highest BCUT2D eigenvalue weighted by Gasteiger charge is 2.25. The third-order valence-corrected chi connectivity index (χ3v) is 7.19. The fraction of sp³-hybridized carbons (Fsp3) is 0.478. The Labute approximate surface area is 181 Å². The molecule has 5 rings (SSSR count). The third kappa shape index (κ3) is 4.15. The number of anilines is 1. The monoisotopic (exact) mass is 425 g/mol. The number of para-hydroxylation sites is 1. The van der Waals surface area contributed by atoms with Gasteiger partial charge < -0.3 is 19.3 Å². The number of likely N-dealkylation sites (N-methyl/N-ethyl adjacent to an activating group) is 1. The molecule has 2 aromatic heterocycles. The van der Waals surface area contributed by atoms with Gasteiger partial charge in [0, 0.05) is 11.9 Å². The van der Waals surface area contributed by atoms with Crippen LogP contribution in [0.3, 0.4) is 0 Å². The van der Waals surface area contributed by atoms with E-state index in [9.17, 15) is 0 Å². The molecule has 7 heteroatoms. The number of aromatic nitrogens is 2. The summed E-state index contributed by atoms with van der Waals surface area (Å²) < 4.78 is 11.4. The van der Waals surface area contributed by atoms with E-state index in [0.29, 0.717) is 6.61 Å². The molecule has 0 atom stereocenters. The first-order chi connectivity index (χ1) is 14.8. The van der Waals surface area contributed by atoms with Crippen LogP contribution in [-0.2, 0) is 24.1 Å². The first-order valence-corrected chi connectivity index (χ1v) is 11.7. The lowest BCUT2D eigenvalue weighted by atomic mass is 10.2. The zero-order valence-corrected chi connectivity index (χ0v) is 18.3. The van der Waals surface area contributed by atoms with E-state index in [4.69, 9.17) is 19.4 Å². The first kappa shape index (κ1) is 19.7. The number of benzene rings is 1. The van der Waals surface area contributed by atoms with Crippen LogP contribution in [0.2, 0.25) is 0 Å². The van der Waals surface area contributed by atoms with Crippen molar-refractivity contribution >= 4 is 27.4 Å². The summed E-state index contributed by atoms with van der Waals surface area (Å²) in [6.07, 6.45) is 3.58. The van der Waals surface area contributed by atoms with Crippen molar-refractivity contribution < 1.29 is 14.4 Å². The molecule has 0 spiro atoms. The molecule has 1 N–H and O–H groups in total. The number of aryl methyl sites for hydroxylation is 2. The molecule has 1 fully saturated rings. The largest absolute Gasteiger partial charge is 0.492 e. The summed E-state index contributed by atoms with van der Waals surface area (Å²) in [5, 5.41) is 1.27. The molecule has 6 nitrogen and oxygen atoms in total. The zero-order chi connectivity index (χ0) is 20.3. The standard InChI is InChI=1S/C23H28N4O2S/c1-26(10-15-29-17-6-3-2-4-7-17)22-21-18-8-5-9-19(18)30-23(21)25-20(24-22)16-27-11-13-28-14-12-27/h2-4,6-7H,5,8-16H2,1H3/p+1. The van der Waals surface area contributed by atoms with Crippen LogP contribution in [-0.4, -0.2) is 56.5 Å². The Hall–Kier alpha value is -2.22. The number of thiophene rings is 1. The fourth-order valence-corrected chi connectivity index (χ4v) is 5.63. The van der Waals surface area contributed by atoms with E-state index in [1.807, 2.05) is 41.7 Å². The van der Waals surface area contributed by atoms with Gasteiger partial charge in [0.1, 0.15) is 42.6 Å². The Balaban J connectivity index is 1.39. The van der Waals surface area contributed by atoms with Crippen molar-refractivity contribution in [3.8, 4) is 5.75 Å². The molecule has 30 heavy (non-hydrogen) atoms. The van der Waals surface area contributed by atoms with Crippen LogP contribution in [0.1, 0.15) is 22.7 Å².